The van der Waals surface area contributed by atoms with Crippen LogP contribution in [0.3, 0.4) is 0 Å². The van der Waals surface area contributed by atoms with Gasteiger partial charge in [0.1, 0.15) is 5.75 Å². The predicted octanol–water partition coefficient (Wildman–Crippen LogP) is 3.34. The SMILES string of the molecule is Cc1ccccc1-c1cc(C)n(S(=O)(=O)Oc2ccccc2)n1. The Labute approximate surface area is 135 Å². The molecule has 0 aliphatic heterocycles. The second-order valence-electron chi connectivity index (χ2n) is 5.18. The second-order valence-corrected chi connectivity index (χ2v) is 6.55. The molecule has 0 aliphatic rings. The molecule has 0 N–H and O–H groups in total. The Morgan fingerprint density at radius 1 is 0.957 bits per heavy atom. The molecule has 3 aromatic rings. The van der Waals surface area contributed by atoms with Crippen LogP contribution in [0.5, 0.6) is 5.75 Å². The van der Waals surface area contributed by atoms with Crippen molar-refractivity contribution in [2.24, 2.45) is 0 Å². The first-order valence-corrected chi connectivity index (χ1v) is 8.46. The molecule has 0 saturated carbocycles. The summed E-state index contributed by atoms with van der Waals surface area (Å²) in [6, 6.07) is 17.8. The number of aromatic nitrogens is 2. The summed E-state index contributed by atoms with van der Waals surface area (Å²) in [7, 11) is -4.04. The van der Waals surface area contributed by atoms with Crippen molar-refractivity contribution >= 4 is 10.3 Å². The molecule has 0 unspecified atom stereocenters. The topological polar surface area (TPSA) is 61.2 Å². The van der Waals surface area contributed by atoms with Gasteiger partial charge < -0.3 is 4.18 Å². The standard InChI is InChI=1S/C17H16N2O3S/c1-13-8-6-7-11-16(13)17-12-14(2)19(18-17)23(20,21)22-15-9-4-3-5-10-15/h3-12H,1-2H3. The summed E-state index contributed by atoms with van der Waals surface area (Å²) in [5.74, 6) is 0.250. The summed E-state index contributed by atoms with van der Waals surface area (Å²) in [6.45, 7) is 3.64. The van der Waals surface area contributed by atoms with E-state index in [1.54, 1.807) is 43.3 Å². The van der Waals surface area contributed by atoms with Crippen LogP contribution in [0, 0.1) is 13.8 Å². The van der Waals surface area contributed by atoms with Crippen LogP contribution in [0.2, 0.25) is 0 Å². The Hall–Kier alpha value is -2.60. The average molecular weight is 328 g/mol. The van der Waals surface area contributed by atoms with Crippen molar-refractivity contribution in [1.82, 2.24) is 9.19 Å². The summed E-state index contributed by atoms with van der Waals surface area (Å²) in [5, 5.41) is 4.21. The van der Waals surface area contributed by atoms with Gasteiger partial charge in [0, 0.05) is 5.56 Å². The highest BCUT2D eigenvalue weighted by molar-refractivity contribution is 7.85. The minimum atomic E-state index is -4.04. The van der Waals surface area contributed by atoms with Crippen molar-refractivity contribution in [2.75, 3.05) is 0 Å². The van der Waals surface area contributed by atoms with E-state index in [1.807, 2.05) is 31.2 Å². The maximum Gasteiger partial charge on any atom is 0.429 e. The molecular weight excluding hydrogens is 312 g/mol. The minimum Gasteiger partial charge on any atom is -0.366 e. The smallest absolute Gasteiger partial charge is 0.366 e. The first-order valence-electron chi connectivity index (χ1n) is 7.10. The monoisotopic (exact) mass is 328 g/mol. The Morgan fingerprint density at radius 2 is 1.61 bits per heavy atom. The molecule has 0 radical (unpaired) electrons. The summed E-state index contributed by atoms with van der Waals surface area (Å²) in [4.78, 5) is 0. The van der Waals surface area contributed by atoms with Crippen LogP contribution in [-0.2, 0) is 10.3 Å². The van der Waals surface area contributed by atoms with E-state index in [0.717, 1.165) is 15.2 Å². The molecule has 6 heteroatoms. The van der Waals surface area contributed by atoms with Gasteiger partial charge in [0.15, 0.2) is 0 Å². The van der Waals surface area contributed by atoms with E-state index in [-0.39, 0.29) is 5.75 Å². The highest BCUT2D eigenvalue weighted by Gasteiger charge is 2.21. The van der Waals surface area contributed by atoms with Gasteiger partial charge in [-0.15, -0.1) is 4.09 Å². The minimum absolute atomic E-state index is 0.250. The highest BCUT2D eigenvalue weighted by Crippen LogP contribution is 2.24. The second kappa shape index (κ2) is 5.89. The van der Waals surface area contributed by atoms with Crippen LogP contribution in [0.1, 0.15) is 11.3 Å². The maximum absolute atomic E-state index is 12.4. The Morgan fingerprint density at radius 3 is 2.30 bits per heavy atom. The van der Waals surface area contributed by atoms with Crippen LogP contribution >= 0.6 is 0 Å². The van der Waals surface area contributed by atoms with Gasteiger partial charge in [-0.1, -0.05) is 42.5 Å². The van der Waals surface area contributed by atoms with Gasteiger partial charge in [-0.2, -0.15) is 13.5 Å². The van der Waals surface area contributed by atoms with Crippen molar-refractivity contribution in [3.63, 3.8) is 0 Å². The summed E-state index contributed by atoms with van der Waals surface area (Å²) in [5.41, 5.74) is 3.00. The van der Waals surface area contributed by atoms with Crippen LogP contribution < -0.4 is 4.18 Å². The van der Waals surface area contributed by atoms with Crippen LogP contribution in [0.4, 0.5) is 0 Å². The summed E-state index contributed by atoms with van der Waals surface area (Å²) in [6.07, 6.45) is 0. The zero-order valence-corrected chi connectivity index (χ0v) is 13.6. The first kappa shape index (κ1) is 15.3. The number of benzene rings is 2. The molecule has 1 aromatic heterocycles. The third-order valence-electron chi connectivity index (χ3n) is 3.42. The average Bonchev–Trinajstić information content (AvgIpc) is 2.91. The van der Waals surface area contributed by atoms with Crippen LogP contribution in [-0.4, -0.2) is 17.6 Å². The van der Waals surface area contributed by atoms with E-state index in [4.69, 9.17) is 4.18 Å². The van der Waals surface area contributed by atoms with Crippen LogP contribution in [0.25, 0.3) is 11.3 Å². The molecule has 1 heterocycles. The fourth-order valence-corrected chi connectivity index (χ4v) is 3.33. The lowest BCUT2D eigenvalue weighted by molar-refractivity contribution is 0.468. The van der Waals surface area contributed by atoms with Gasteiger partial charge in [-0.25, -0.2) is 0 Å². The number of para-hydroxylation sites is 1. The van der Waals surface area contributed by atoms with Crippen molar-refractivity contribution in [2.45, 2.75) is 13.8 Å². The van der Waals surface area contributed by atoms with Crippen molar-refractivity contribution in [3.8, 4) is 17.0 Å². The van der Waals surface area contributed by atoms with Gasteiger partial charge in [0.05, 0.1) is 11.4 Å². The molecule has 0 atom stereocenters. The molecule has 3 rings (SSSR count). The Bertz CT molecular complexity index is 931. The number of aryl methyl sites for hydroxylation is 2. The lowest BCUT2D eigenvalue weighted by Gasteiger charge is -2.07. The maximum atomic E-state index is 12.4. The fourth-order valence-electron chi connectivity index (χ4n) is 2.31. The number of rotatable bonds is 4. The summed E-state index contributed by atoms with van der Waals surface area (Å²) < 4.78 is 30.9. The van der Waals surface area contributed by atoms with E-state index in [0.29, 0.717) is 11.4 Å². The molecule has 23 heavy (non-hydrogen) atoms. The van der Waals surface area contributed by atoms with Gasteiger partial charge in [-0.05, 0) is 37.6 Å². The van der Waals surface area contributed by atoms with E-state index in [2.05, 4.69) is 5.10 Å². The molecule has 2 aromatic carbocycles. The predicted molar refractivity (Wildman–Crippen MR) is 88.5 cm³/mol. The molecular formula is C17H16N2O3S. The van der Waals surface area contributed by atoms with Crippen molar-refractivity contribution in [1.29, 1.82) is 0 Å². The molecule has 118 valence electrons. The number of hydrogen-bond donors (Lipinski definition) is 0. The van der Waals surface area contributed by atoms with E-state index in [9.17, 15) is 8.42 Å². The zero-order chi connectivity index (χ0) is 16.4. The van der Waals surface area contributed by atoms with E-state index < -0.39 is 10.3 Å². The van der Waals surface area contributed by atoms with Crippen molar-refractivity contribution in [3.05, 3.63) is 71.9 Å². The van der Waals surface area contributed by atoms with E-state index >= 15 is 0 Å². The lowest BCUT2D eigenvalue weighted by atomic mass is 10.1. The number of hydrogen-bond acceptors (Lipinski definition) is 4. The largest absolute Gasteiger partial charge is 0.429 e. The van der Waals surface area contributed by atoms with Gasteiger partial charge in [-0.3, -0.25) is 0 Å². The van der Waals surface area contributed by atoms with Gasteiger partial charge in [0.25, 0.3) is 0 Å². The Kier molecular flexibility index (Phi) is 3.92. The van der Waals surface area contributed by atoms with Gasteiger partial charge in [0.2, 0.25) is 0 Å². The molecule has 0 spiro atoms. The molecule has 0 amide bonds. The highest BCUT2D eigenvalue weighted by atomic mass is 32.2. The normalized spacial score (nSPS) is 11.4. The van der Waals surface area contributed by atoms with Gasteiger partial charge >= 0.3 is 10.3 Å². The molecule has 5 nitrogen and oxygen atoms in total. The number of nitrogens with zero attached hydrogens (tertiary/aromatic N) is 2. The Balaban J connectivity index is 1.99. The lowest BCUT2D eigenvalue weighted by Crippen LogP contribution is -2.21. The third-order valence-corrected chi connectivity index (χ3v) is 4.62. The quantitative estimate of drug-likeness (QED) is 0.737. The molecule has 0 fully saturated rings. The summed E-state index contributed by atoms with van der Waals surface area (Å²) >= 11 is 0. The van der Waals surface area contributed by atoms with E-state index in [1.165, 1.54) is 0 Å². The first-order chi connectivity index (χ1) is 11.0. The third kappa shape index (κ3) is 3.12. The van der Waals surface area contributed by atoms with Crippen molar-refractivity contribution < 1.29 is 12.6 Å². The zero-order valence-electron chi connectivity index (χ0n) is 12.8. The molecule has 0 aliphatic carbocycles. The fraction of sp³-hybridized carbons (Fsp3) is 0.118. The molecule has 0 saturated heterocycles. The molecule has 0 bridgehead atoms. The van der Waals surface area contributed by atoms with Crippen LogP contribution in [0.15, 0.2) is 60.7 Å².